The standard InChI is InChI=1S/C30H29N3O3/c1-19-12-14-20(15-13-19)23-17-33-26(34)18-32(16-21-8-4-7-11-25(21)36-3)29(35)30(33,2)28-27(23)22-9-5-6-10-24(22)31-28/h4-15,23,31H,16-18H2,1-3H3/t23?,30-/m0/s1. The molecule has 0 bridgehead atoms. The molecule has 2 atom stereocenters. The molecule has 1 aromatic heterocycles. The Kier molecular flexibility index (Phi) is 5.14. The van der Waals surface area contributed by atoms with E-state index in [9.17, 15) is 9.59 Å². The van der Waals surface area contributed by atoms with Crippen LogP contribution in [0.1, 0.15) is 40.8 Å². The van der Waals surface area contributed by atoms with Crippen molar-refractivity contribution in [2.45, 2.75) is 31.8 Å². The van der Waals surface area contributed by atoms with Gasteiger partial charge in [-0.25, -0.2) is 0 Å². The smallest absolute Gasteiger partial charge is 0.255 e. The molecule has 2 aliphatic rings. The molecule has 0 saturated carbocycles. The Morgan fingerprint density at radius 3 is 2.50 bits per heavy atom. The van der Waals surface area contributed by atoms with E-state index in [1.807, 2.05) is 49.4 Å². The highest BCUT2D eigenvalue weighted by Crippen LogP contribution is 2.48. The summed E-state index contributed by atoms with van der Waals surface area (Å²) in [7, 11) is 1.62. The molecule has 6 heteroatoms. The first-order chi connectivity index (χ1) is 17.4. The van der Waals surface area contributed by atoms with Crippen molar-refractivity contribution in [2.24, 2.45) is 0 Å². The fourth-order valence-electron chi connectivity index (χ4n) is 5.94. The number of methoxy groups -OCH3 is 1. The predicted octanol–water partition coefficient (Wildman–Crippen LogP) is 4.72. The largest absolute Gasteiger partial charge is 0.496 e. The van der Waals surface area contributed by atoms with E-state index < -0.39 is 5.54 Å². The Hall–Kier alpha value is -4.06. The molecule has 1 N–H and O–H groups in total. The van der Waals surface area contributed by atoms with E-state index in [1.165, 1.54) is 5.56 Å². The highest BCUT2D eigenvalue weighted by Gasteiger charge is 2.56. The molecule has 1 saturated heterocycles. The van der Waals surface area contributed by atoms with Crippen molar-refractivity contribution in [2.75, 3.05) is 20.2 Å². The zero-order chi connectivity index (χ0) is 25.0. The number of amides is 2. The van der Waals surface area contributed by atoms with Crippen molar-refractivity contribution < 1.29 is 14.3 Å². The minimum Gasteiger partial charge on any atom is -0.496 e. The molecular formula is C30H29N3O3. The molecule has 1 fully saturated rings. The number of hydrogen-bond acceptors (Lipinski definition) is 3. The average Bonchev–Trinajstić information content (AvgIpc) is 3.29. The van der Waals surface area contributed by atoms with Gasteiger partial charge in [0.2, 0.25) is 5.91 Å². The number of carbonyl (C=O) groups is 2. The minimum atomic E-state index is -1.12. The van der Waals surface area contributed by atoms with Crippen LogP contribution >= 0.6 is 0 Å². The monoisotopic (exact) mass is 479 g/mol. The number of H-pyrrole nitrogens is 1. The summed E-state index contributed by atoms with van der Waals surface area (Å²) in [6.07, 6.45) is 0. The molecule has 6 nitrogen and oxygen atoms in total. The summed E-state index contributed by atoms with van der Waals surface area (Å²) in [4.78, 5) is 34.9. The number of nitrogens with one attached hydrogen (secondary N) is 1. The quantitative estimate of drug-likeness (QED) is 0.461. The number of carbonyl (C=O) groups excluding carboxylic acids is 2. The summed E-state index contributed by atoms with van der Waals surface area (Å²) in [6.45, 7) is 4.78. The Morgan fingerprint density at radius 2 is 1.72 bits per heavy atom. The number of piperazine rings is 1. The predicted molar refractivity (Wildman–Crippen MR) is 139 cm³/mol. The summed E-state index contributed by atoms with van der Waals surface area (Å²) in [5.74, 6) is 0.554. The van der Waals surface area contributed by atoms with E-state index >= 15 is 0 Å². The van der Waals surface area contributed by atoms with Gasteiger partial charge in [-0.15, -0.1) is 0 Å². The zero-order valence-corrected chi connectivity index (χ0v) is 20.7. The van der Waals surface area contributed by atoms with Gasteiger partial charge in [-0.2, -0.15) is 0 Å². The van der Waals surface area contributed by atoms with E-state index in [1.54, 1.807) is 16.9 Å². The van der Waals surface area contributed by atoms with Gasteiger partial charge in [0.1, 0.15) is 12.3 Å². The number of fused-ring (bicyclic) bond motifs is 5. The van der Waals surface area contributed by atoms with Crippen LogP contribution < -0.4 is 4.74 Å². The first-order valence-electron chi connectivity index (χ1n) is 12.3. The fraction of sp³-hybridized carbons (Fsp3) is 0.267. The minimum absolute atomic E-state index is 0.0256. The topological polar surface area (TPSA) is 65.6 Å². The van der Waals surface area contributed by atoms with Gasteiger partial charge in [0.25, 0.3) is 5.91 Å². The second kappa shape index (κ2) is 8.26. The van der Waals surface area contributed by atoms with Gasteiger partial charge >= 0.3 is 0 Å². The fourth-order valence-corrected chi connectivity index (χ4v) is 5.94. The van der Waals surface area contributed by atoms with Gasteiger partial charge in [-0.1, -0.05) is 66.2 Å². The Balaban J connectivity index is 1.49. The summed E-state index contributed by atoms with van der Waals surface area (Å²) >= 11 is 0. The molecule has 3 aromatic carbocycles. The third-order valence-electron chi connectivity index (χ3n) is 7.85. The Morgan fingerprint density at radius 1 is 1.00 bits per heavy atom. The van der Waals surface area contributed by atoms with Crippen molar-refractivity contribution in [1.82, 2.24) is 14.8 Å². The van der Waals surface area contributed by atoms with Crippen LogP contribution in [0.25, 0.3) is 10.9 Å². The maximum absolute atomic E-state index is 14.2. The van der Waals surface area contributed by atoms with Crippen molar-refractivity contribution >= 4 is 22.7 Å². The van der Waals surface area contributed by atoms with E-state index in [4.69, 9.17) is 4.74 Å². The van der Waals surface area contributed by atoms with Crippen LogP contribution in [0.3, 0.4) is 0 Å². The average molecular weight is 480 g/mol. The number of para-hydroxylation sites is 2. The van der Waals surface area contributed by atoms with Crippen LogP contribution in [-0.4, -0.2) is 46.8 Å². The van der Waals surface area contributed by atoms with Gasteiger partial charge in [-0.05, 0) is 37.1 Å². The Labute approximate surface area is 210 Å². The highest BCUT2D eigenvalue weighted by atomic mass is 16.5. The van der Waals surface area contributed by atoms with Crippen molar-refractivity contribution in [3.63, 3.8) is 0 Å². The number of aryl methyl sites for hydroxylation is 1. The molecule has 0 aliphatic carbocycles. The van der Waals surface area contributed by atoms with E-state index in [0.29, 0.717) is 18.8 Å². The summed E-state index contributed by atoms with van der Waals surface area (Å²) in [6, 6.07) is 24.3. The number of aromatic nitrogens is 1. The molecule has 4 aromatic rings. The number of aromatic amines is 1. The van der Waals surface area contributed by atoms with E-state index in [0.717, 1.165) is 33.3 Å². The lowest BCUT2D eigenvalue weighted by atomic mass is 9.76. The normalized spacial score (nSPS) is 21.5. The number of ether oxygens (including phenoxy) is 1. The molecule has 6 rings (SSSR count). The van der Waals surface area contributed by atoms with Crippen molar-refractivity contribution in [3.8, 4) is 5.75 Å². The van der Waals surface area contributed by atoms with Crippen LogP contribution in [0.15, 0.2) is 72.8 Å². The van der Waals surface area contributed by atoms with Gasteiger partial charge in [-0.3, -0.25) is 9.59 Å². The molecule has 1 unspecified atom stereocenters. The van der Waals surface area contributed by atoms with Crippen LogP contribution in [0.5, 0.6) is 5.75 Å². The molecule has 36 heavy (non-hydrogen) atoms. The van der Waals surface area contributed by atoms with Crippen LogP contribution in [0.2, 0.25) is 0 Å². The molecule has 182 valence electrons. The van der Waals surface area contributed by atoms with Gasteiger partial charge in [0.05, 0.1) is 12.8 Å². The number of benzene rings is 3. The van der Waals surface area contributed by atoms with E-state index in [-0.39, 0.29) is 24.3 Å². The number of rotatable bonds is 4. The highest BCUT2D eigenvalue weighted by molar-refractivity contribution is 6.01. The van der Waals surface area contributed by atoms with Crippen LogP contribution in [-0.2, 0) is 21.7 Å². The second-order valence-electron chi connectivity index (χ2n) is 9.97. The molecule has 2 aliphatic heterocycles. The molecule has 3 heterocycles. The maximum Gasteiger partial charge on any atom is 0.255 e. The first kappa shape index (κ1) is 22.4. The van der Waals surface area contributed by atoms with Gasteiger partial charge in [0, 0.05) is 35.5 Å². The van der Waals surface area contributed by atoms with Crippen molar-refractivity contribution in [3.05, 3.63) is 101 Å². The molecule has 0 spiro atoms. The molecule has 0 radical (unpaired) electrons. The first-order valence-corrected chi connectivity index (χ1v) is 12.3. The van der Waals surface area contributed by atoms with Crippen LogP contribution in [0, 0.1) is 6.92 Å². The van der Waals surface area contributed by atoms with Gasteiger partial charge < -0.3 is 19.5 Å². The second-order valence-corrected chi connectivity index (χ2v) is 9.97. The third kappa shape index (κ3) is 3.24. The van der Waals surface area contributed by atoms with E-state index in [2.05, 4.69) is 42.2 Å². The number of hydrogen-bond donors (Lipinski definition) is 1. The summed E-state index contributed by atoms with van der Waals surface area (Å²) in [5, 5.41) is 1.10. The molecule has 2 amide bonds. The third-order valence-corrected chi connectivity index (χ3v) is 7.85. The lowest BCUT2D eigenvalue weighted by molar-refractivity contribution is -0.166. The molecular weight excluding hydrogens is 450 g/mol. The number of nitrogens with zero attached hydrogens (tertiary/aromatic N) is 2. The summed E-state index contributed by atoms with van der Waals surface area (Å²) < 4.78 is 5.51. The SMILES string of the molecule is COc1ccccc1CN1CC(=O)N2CC(c3ccc(C)cc3)c3c([nH]c4ccccc34)[C@@]2(C)C1=O. The lowest BCUT2D eigenvalue weighted by Crippen LogP contribution is -2.67. The summed E-state index contributed by atoms with van der Waals surface area (Å²) in [5.41, 5.74) is 4.98. The maximum atomic E-state index is 14.2. The lowest BCUT2D eigenvalue weighted by Gasteiger charge is -2.51. The van der Waals surface area contributed by atoms with Gasteiger partial charge in [0.15, 0.2) is 5.54 Å². The Bertz CT molecular complexity index is 1490. The zero-order valence-electron chi connectivity index (χ0n) is 20.7. The van der Waals surface area contributed by atoms with Crippen LogP contribution in [0.4, 0.5) is 0 Å². The van der Waals surface area contributed by atoms with Crippen molar-refractivity contribution in [1.29, 1.82) is 0 Å².